The van der Waals surface area contributed by atoms with E-state index in [0.29, 0.717) is 29.8 Å². The second-order valence-electron chi connectivity index (χ2n) is 8.53. The molecule has 8 heteroatoms. The Kier molecular flexibility index (Phi) is 6.04. The van der Waals surface area contributed by atoms with E-state index in [1.165, 1.54) is 32.1 Å². The van der Waals surface area contributed by atoms with E-state index >= 15 is 0 Å². The average molecular weight is 391 g/mol. The SMILES string of the molecule is CNC(=O)N1CCCC1C1CCN(C2CCCN(c3nc(C)no3)CC2)CC1. The zero-order valence-electron chi connectivity index (χ0n) is 17.3. The molecular formula is C20H34N6O2. The lowest BCUT2D eigenvalue weighted by Gasteiger charge is -2.41. The summed E-state index contributed by atoms with van der Waals surface area (Å²) >= 11 is 0. The van der Waals surface area contributed by atoms with Gasteiger partial charge >= 0.3 is 12.0 Å². The molecule has 1 N–H and O–H groups in total. The molecule has 3 aliphatic rings. The molecule has 0 aliphatic carbocycles. The molecule has 1 aromatic heterocycles. The molecule has 3 aliphatic heterocycles. The minimum atomic E-state index is 0.102. The minimum absolute atomic E-state index is 0.102. The molecule has 0 bridgehead atoms. The molecule has 2 unspecified atom stereocenters. The molecule has 3 fully saturated rings. The third-order valence-electron chi connectivity index (χ3n) is 6.89. The van der Waals surface area contributed by atoms with Crippen molar-refractivity contribution in [3.8, 4) is 0 Å². The quantitative estimate of drug-likeness (QED) is 0.853. The van der Waals surface area contributed by atoms with Crippen LogP contribution in [0, 0.1) is 12.8 Å². The minimum Gasteiger partial charge on any atom is -0.341 e. The molecule has 0 radical (unpaired) electrons. The van der Waals surface area contributed by atoms with Gasteiger partial charge in [0.15, 0.2) is 5.82 Å². The molecule has 1 aromatic rings. The summed E-state index contributed by atoms with van der Waals surface area (Å²) in [6.07, 6.45) is 8.29. The highest BCUT2D eigenvalue weighted by atomic mass is 16.5. The average Bonchev–Trinajstić information content (AvgIpc) is 3.31. The highest BCUT2D eigenvalue weighted by Gasteiger charge is 2.37. The van der Waals surface area contributed by atoms with Crippen LogP contribution >= 0.6 is 0 Å². The van der Waals surface area contributed by atoms with Gasteiger partial charge in [-0.2, -0.15) is 4.98 Å². The molecule has 156 valence electrons. The van der Waals surface area contributed by atoms with Gasteiger partial charge in [0.2, 0.25) is 0 Å². The molecular weight excluding hydrogens is 356 g/mol. The molecule has 4 rings (SSSR count). The highest BCUT2D eigenvalue weighted by Crippen LogP contribution is 2.33. The predicted molar refractivity (Wildman–Crippen MR) is 107 cm³/mol. The number of aromatic nitrogens is 2. The van der Waals surface area contributed by atoms with Crippen LogP contribution in [-0.2, 0) is 0 Å². The number of likely N-dealkylation sites (tertiary alicyclic amines) is 2. The van der Waals surface area contributed by atoms with E-state index in [1.807, 2.05) is 6.92 Å². The van der Waals surface area contributed by atoms with E-state index < -0.39 is 0 Å². The summed E-state index contributed by atoms with van der Waals surface area (Å²) in [5.41, 5.74) is 0. The number of carbonyl (C=O) groups excluding carboxylic acids is 1. The number of carbonyl (C=O) groups is 1. The monoisotopic (exact) mass is 390 g/mol. The van der Waals surface area contributed by atoms with Crippen LogP contribution in [-0.4, -0.2) is 77.8 Å². The van der Waals surface area contributed by atoms with Crippen molar-refractivity contribution in [2.45, 2.75) is 64.0 Å². The van der Waals surface area contributed by atoms with Crippen LogP contribution in [0.4, 0.5) is 10.8 Å². The second kappa shape index (κ2) is 8.68. The van der Waals surface area contributed by atoms with Crippen LogP contribution in [0.5, 0.6) is 0 Å². The summed E-state index contributed by atoms with van der Waals surface area (Å²) < 4.78 is 5.36. The van der Waals surface area contributed by atoms with Gasteiger partial charge in [-0.1, -0.05) is 5.16 Å². The van der Waals surface area contributed by atoms with Crippen molar-refractivity contribution >= 4 is 12.0 Å². The number of amides is 2. The third kappa shape index (κ3) is 4.11. The maximum absolute atomic E-state index is 12.1. The van der Waals surface area contributed by atoms with Crippen molar-refractivity contribution in [1.82, 2.24) is 25.3 Å². The van der Waals surface area contributed by atoms with Gasteiger partial charge in [-0.05, 0) is 70.9 Å². The maximum atomic E-state index is 12.1. The molecule has 2 amide bonds. The molecule has 8 nitrogen and oxygen atoms in total. The fraction of sp³-hybridized carbons (Fsp3) is 0.850. The van der Waals surface area contributed by atoms with Gasteiger partial charge in [0, 0.05) is 38.8 Å². The number of aryl methyl sites for hydroxylation is 1. The number of anilines is 1. The zero-order chi connectivity index (χ0) is 19.5. The van der Waals surface area contributed by atoms with Crippen molar-refractivity contribution in [2.24, 2.45) is 5.92 Å². The summed E-state index contributed by atoms with van der Waals surface area (Å²) in [6, 6.07) is 1.86. The van der Waals surface area contributed by atoms with Crippen molar-refractivity contribution in [2.75, 3.05) is 44.7 Å². The van der Waals surface area contributed by atoms with Crippen LogP contribution in [0.15, 0.2) is 4.52 Å². The summed E-state index contributed by atoms with van der Waals surface area (Å²) in [4.78, 5) is 23.6. The Morgan fingerprint density at radius 1 is 1.04 bits per heavy atom. The standard InChI is InChI=1S/C20H34N6O2/c1-15-22-20(28-23-15)25-10-3-5-17(9-14-25)24-12-7-16(8-13-24)18-6-4-11-26(18)19(27)21-2/h16-18H,3-14H2,1-2H3,(H,21,27). The summed E-state index contributed by atoms with van der Waals surface area (Å²) in [7, 11) is 1.74. The Labute approximate surface area is 167 Å². The first kappa shape index (κ1) is 19.5. The van der Waals surface area contributed by atoms with Gasteiger partial charge in [0.1, 0.15) is 0 Å². The third-order valence-corrected chi connectivity index (χ3v) is 6.89. The fourth-order valence-electron chi connectivity index (χ4n) is 5.40. The molecule has 0 spiro atoms. The first-order chi connectivity index (χ1) is 13.7. The molecule has 2 atom stereocenters. The first-order valence-corrected chi connectivity index (χ1v) is 10.9. The summed E-state index contributed by atoms with van der Waals surface area (Å²) in [5.74, 6) is 1.36. The number of nitrogens with zero attached hydrogens (tertiary/aromatic N) is 5. The van der Waals surface area contributed by atoms with Gasteiger partial charge in [-0.15, -0.1) is 0 Å². The Balaban J connectivity index is 1.28. The van der Waals surface area contributed by atoms with E-state index in [2.05, 4.69) is 30.2 Å². The van der Waals surface area contributed by atoms with E-state index in [9.17, 15) is 4.79 Å². The van der Waals surface area contributed by atoms with Crippen LogP contribution in [0.3, 0.4) is 0 Å². The lowest BCUT2D eigenvalue weighted by molar-refractivity contribution is 0.0898. The Hall–Kier alpha value is -1.83. The summed E-state index contributed by atoms with van der Waals surface area (Å²) in [6.45, 7) is 7.09. The first-order valence-electron chi connectivity index (χ1n) is 10.9. The van der Waals surface area contributed by atoms with E-state index in [-0.39, 0.29) is 6.03 Å². The molecule has 3 saturated heterocycles. The van der Waals surface area contributed by atoms with Gasteiger partial charge in [0.05, 0.1) is 0 Å². The largest absolute Gasteiger partial charge is 0.341 e. The molecule has 4 heterocycles. The molecule has 0 saturated carbocycles. The Morgan fingerprint density at radius 3 is 2.54 bits per heavy atom. The van der Waals surface area contributed by atoms with Crippen LogP contribution in [0.25, 0.3) is 0 Å². The zero-order valence-corrected chi connectivity index (χ0v) is 17.3. The Morgan fingerprint density at radius 2 is 1.82 bits per heavy atom. The normalized spacial score (nSPS) is 27.8. The smallest absolute Gasteiger partial charge is 0.324 e. The number of piperidine rings is 1. The van der Waals surface area contributed by atoms with Crippen molar-refractivity contribution < 1.29 is 9.32 Å². The van der Waals surface area contributed by atoms with Gasteiger partial charge < -0.3 is 24.5 Å². The van der Waals surface area contributed by atoms with E-state index in [1.54, 1.807) is 7.05 Å². The lowest BCUT2D eigenvalue weighted by atomic mass is 9.87. The number of hydrogen-bond acceptors (Lipinski definition) is 6. The van der Waals surface area contributed by atoms with Crippen molar-refractivity contribution in [1.29, 1.82) is 0 Å². The molecule has 0 aromatic carbocycles. The predicted octanol–water partition coefficient (Wildman–Crippen LogP) is 2.25. The van der Waals surface area contributed by atoms with E-state index in [4.69, 9.17) is 4.52 Å². The maximum Gasteiger partial charge on any atom is 0.324 e. The van der Waals surface area contributed by atoms with Gasteiger partial charge in [0.25, 0.3) is 0 Å². The van der Waals surface area contributed by atoms with Gasteiger partial charge in [-0.3, -0.25) is 0 Å². The van der Waals surface area contributed by atoms with Crippen LogP contribution in [0.2, 0.25) is 0 Å². The Bertz CT molecular complexity index is 657. The number of nitrogens with one attached hydrogen (secondary N) is 1. The second-order valence-corrected chi connectivity index (χ2v) is 8.53. The number of hydrogen-bond donors (Lipinski definition) is 1. The fourth-order valence-corrected chi connectivity index (χ4v) is 5.40. The highest BCUT2D eigenvalue weighted by molar-refractivity contribution is 5.74. The van der Waals surface area contributed by atoms with Crippen LogP contribution in [0.1, 0.15) is 50.8 Å². The van der Waals surface area contributed by atoms with Crippen molar-refractivity contribution in [3.05, 3.63) is 5.82 Å². The van der Waals surface area contributed by atoms with Gasteiger partial charge in [-0.25, -0.2) is 4.79 Å². The lowest BCUT2D eigenvalue weighted by Crippen LogP contribution is -2.49. The van der Waals surface area contributed by atoms with Crippen LogP contribution < -0.4 is 10.2 Å². The number of rotatable bonds is 3. The topological polar surface area (TPSA) is 77.7 Å². The van der Waals surface area contributed by atoms with Crippen molar-refractivity contribution in [3.63, 3.8) is 0 Å². The number of urea groups is 1. The summed E-state index contributed by atoms with van der Waals surface area (Å²) in [5, 5.41) is 6.75. The van der Waals surface area contributed by atoms with E-state index in [0.717, 1.165) is 45.6 Å². The molecule has 28 heavy (non-hydrogen) atoms.